The molecule has 1 aliphatic heterocycles. The molecule has 1 heterocycles. The van der Waals surface area contributed by atoms with Crippen molar-refractivity contribution < 1.29 is 9.53 Å². The van der Waals surface area contributed by atoms with Crippen molar-refractivity contribution in [1.82, 2.24) is 0 Å². The number of rotatable bonds is 2. The highest BCUT2D eigenvalue weighted by Gasteiger charge is 2.27. The van der Waals surface area contributed by atoms with Crippen LogP contribution in [0.1, 0.15) is 24.8 Å². The van der Waals surface area contributed by atoms with Gasteiger partial charge in [-0.3, -0.25) is 4.79 Å². The summed E-state index contributed by atoms with van der Waals surface area (Å²) in [7, 11) is 0. The summed E-state index contributed by atoms with van der Waals surface area (Å²) in [6, 6.07) is 18.8. The van der Waals surface area contributed by atoms with Crippen LogP contribution < -0.4 is 9.64 Å². The Kier molecular flexibility index (Phi) is 3.91. The van der Waals surface area contributed by atoms with E-state index in [4.69, 9.17) is 4.74 Å². The molecule has 1 atom stereocenters. The Morgan fingerprint density at radius 2 is 2.14 bits per heavy atom. The van der Waals surface area contributed by atoms with Crippen LogP contribution in [0.4, 0.5) is 5.69 Å². The largest absolute Gasteiger partial charge is 0.491 e. The van der Waals surface area contributed by atoms with Gasteiger partial charge < -0.3 is 9.64 Å². The molecule has 21 heavy (non-hydrogen) atoms. The van der Waals surface area contributed by atoms with Crippen LogP contribution >= 0.6 is 0 Å². The summed E-state index contributed by atoms with van der Waals surface area (Å²) in [5.41, 5.74) is 2.04. The fourth-order valence-electron chi connectivity index (χ4n) is 2.66. The maximum Gasteiger partial charge on any atom is 0.226 e. The molecule has 1 aliphatic rings. The van der Waals surface area contributed by atoms with Gasteiger partial charge in [-0.1, -0.05) is 43.3 Å². The molecule has 0 spiro atoms. The molecule has 1 amide bonds. The second-order valence-electron chi connectivity index (χ2n) is 5.17. The number of ether oxygens (including phenoxy) is 1. The Bertz CT molecular complexity index is 624. The number of hydrogen-bond donors (Lipinski definition) is 0. The van der Waals surface area contributed by atoms with E-state index in [0.717, 1.165) is 11.4 Å². The van der Waals surface area contributed by atoms with Crippen LogP contribution in [0.15, 0.2) is 48.5 Å². The molecule has 0 fully saturated rings. The summed E-state index contributed by atoms with van der Waals surface area (Å²) in [6.07, 6.45) is 0.486. The number of benzene rings is 2. The van der Waals surface area contributed by atoms with Gasteiger partial charge >= 0.3 is 0 Å². The zero-order valence-electron chi connectivity index (χ0n) is 12.1. The Labute approximate surface area is 125 Å². The van der Waals surface area contributed by atoms with Crippen molar-refractivity contribution in [3.05, 3.63) is 60.2 Å². The van der Waals surface area contributed by atoms with E-state index in [1.165, 1.54) is 5.56 Å². The summed E-state index contributed by atoms with van der Waals surface area (Å²) < 4.78 is 5.92. The molecule has 2 aromatic rings. The van der Waals surface area contributed by atoms with Gasteiger partial charge in [0.25, 0.3) is 0 Å². The number of amides is 1. The topological polar surface area (TPSA) is 29.5 Å². The molecule has 2 aromatic carbocycles. The third-order valence-corrected chi connectivity index (χ3v) is 3.81. The summed E-state index contributed by atoms with van der Waals surface area (Å²) in [5.74, 6) is 1.03. The van der Waals surface area contributed by atoms with E-state index >= 15 is 0 Å². The van der Waals surface area contributed by atoms with Crippen molar-refractivity contribution in [3.63, 3.8) is 0 Å². The van der Waals surface area contributed by atoms with Crippen LogP contribution in [-0.2, 0) is 4.79 Å². The summed E-state index contributed by atoms with van der Waals surface area (Å²) in [6.45, 7) is 3.11. The molecule has 0 aromatic heterocycles. The monoisotopic (exact) mass is 280 g/mol. The van der Waals surface area contributed by atoms with Crippen LogP contribution in [0.25, 0.3) is 0 Å². The average molecular weight is 280 g/mol. The van der Waals surface area contributed by atoms with Gasteiger partial charge in [0.2, 0.25) is 5.91 Å². The molecule has 3 heteroatoms. The lowest BCUT2D eigenvalue weighted by molar-refractivity contribution is -0.118. The van der Waals surface area contributed by atoms with Crippen molar-refractivity contribution >= 4 is 11.6 Å². The average Bonchev–Trinajstić information content (AvgIpc) is 2.75. The van der Waals surface area contributed by atoms with Gasteiger partial charge in [0, 0.05) is 18.9 Å². The third kappa shape index (κ3) is 2.77. The predicted molar refractivity (Wildman–Crippen MR) is 82.6 cm³/mol. The van der Waals surface area contributed by atoms with Crippen molar-refractivity contribution in [2.24, 2.45) is 0 Å². The predicted octanol–water partition coefficient (Wildman–Crippen LogP) is 3.41. The first kappa shape index (κ1) is 13.7. The molecule has 1 unspecified atom stereocenters. The SMILES string of the molecule is CCC(=O)N1CC(c2ccccc2)COc2c[c]ccc21. The molecule has 3 nitrogen and oxygen atoms in total. The molecule has 0 saturated carbocycles. The number of nitrogens with zero attached hydrogens (tertiary/aromatic N) is 1. The maximum absolute atomic E-state index is 12.3. The highest BCUT2D eigenvalue weighted by Crippen LogP contribution is 2.34. The fraction of sp³-hybridized carbons (Fsp3) is 0.278. The quantitative estimate of drug-likeness (QED) is 0.843. The van der Waals surface area contributed by atoms with Gasteiger partial charge in [0.15, 0.2) is 0 Å². The van der Waals surface area contributed by atoms with Crippen LogP contribution in [0.3, 0.4) is 0 Å². The lowest BCUT2D eigenvalue weighted by Gasteiger charge is -2.24. The molecule has 0 N–H and O–H groups in total. The molecule has 1 radical (unpaired) electrons. The molecule has 0 saturated heterocycles. The van der Waals surface area contributed by atoms with Gasteiger partial charge in [-0.2, -0.15) is 0 Å². The van der Waals surface area contributed by atoms with Gasteiger partial charge in [0.1, 0.15) is 5.75 Å². The minimum Gasteiger partial charge on any atom is -0.491 e. The van der Waals surface area contributed by atoms with E-state index < -0.39 is 0 Å². The first-order chi connectivity index (χ1) is 10.3. The first-order valence-corrected chi connectivity index (χ1v) is 7.27. The van der Waals surface area contributed by atoms with Crippen molar-refractivity contribution in [1.29, 1.82) is 0 Å². The van der Waals surface area contributed by atoms with Crippen molar-refractivity contribution in [2.75, 3.05) is 18.1 Å². The first-order valence-electron chi connectivity index (χ1n) is 7.27. The lowest BCUT2D eigenvalue weighted by atomic mass is 9.99. The van der Waals surface area contributed by atoms with Gasteiger partial charge in [-0.25, -0.2) is 0 Å². The smallest absolute Gasteiger partial charge is 0.226 e. The van der Waals surface area contributed by atoms with Crippen LogP contribution in [0, 0.1) is 6.07 Å². The van der Waals surface area contributed by atoms with Gasteiger partial charge in [-0.15, -0.1) is 0 Å². The molecule has 0 aliphatic carbocycles. The zero-order valence-corrected chi connectivity index (χ0v) is 12.1. The minimum atomic E-state index is 0.119. The van der Waals surface area contributed by atoms with E-state index in [0.29, 0.717) is 19.6 Å². The van der Waals surface area contributed by atoms with E-state index in [9.17, 15) is 4.79 Å². The number of fused-ring (bicyclic) bond motifs is 1. The molecule has 3 rings (SSSR count). The highest BCUT2D eigenvalue weighted by molar-refractivity contribution is 5.95. The minimum absolute atomic E-state index is 0.119. The molecular weight excluding hydrogens is 262 g/mol. The molecule has 0 bridgehead atoms. The normalized spacial score (nSPS) is 17.6. The van der Waals surface area contributed by atoms with Crippen LogP contribution in [0.2, 0.25) is 0 Å². The van der Waals surface area contributed by atoms with Crippen LogP contribution in [-0.4, -0.2) is 19.1 Å². The third-order valence-electron chi connectivity index (χ3n) is 3.81. The number of anilines is 1. The lowest BCUT2D eigenvalue weighted by Crippen LogP contribution is -2.34. The second kappa shape index (κ2) is 6.00. The fourth-order valence-corrected chi connectivity index (χ4v) is 2.66. The standard InChI is InChI=1S/C18H18NO2/c1-2-18(20)19-12-15(14-8-4-3-5-9-14)13-21-17-11-7-6-10-16(17)19/h3-6,8-11,15H,2,12-13H2,1H3. The Balaban J connectivity index is 1.96. The molecule has 107 valence electrons. The summed E-state index contributed by atoms with van der Waals surface area (Å²) in [5, 5.41) is 0. The summed E-state index contributed by atoms with van der Waals surface area (Å²) >= 11 is 0. The van der Waals surface area contributed by atoms with Crippen molar-refractivity contribution in [3.8, 4) is 5.75 Å². The van der Waals surface area contributed by atoms with E-state index in [2.05, 4.69) is 18.2 Å². The Morgan fingerprint density at radius 1 is 1.33 bits per heavy atom. The van der Waals surface area contributed by atoms with Gasteiger partial charge in [-0.05, 0) is 23.8 Å². The number of hydrogen-bond acceptors (Lipinski definition) is 2. The Morgan fingerprint density at radius 3 is 2.90 bits per heavy atom. The van der Waals surface area contributed by atoms with E-state index in [1.807, 2.05) is 42.2 Å². The number of carbonyl (C=O) groups is 1. The van der Waals surface area contributed by atoms with Gasteiger partial charge in [0.05, 0.1) is 12.3 Å². The van der Waals surface area contributed by atoms with E-state index in [1.54, 1.807) is 6.07 Å². The second-order valence-corrected chi connectivity index (χ2v) is 5.17. The Hall–Kier alpha value is -2.29. The molecular formula is C18H18NO2. The van der Waals surface area contributed by atoms with E-state index in [-0.39, 0.29) is 11.8 Å². The maximum atomic E-state index is 12.3. The van der Waals surface area contributed by atoms with Crippen molar-refractivity contribution in [2.45, 2.75) is 19.3 Å². The van der Waals surface area contributed by atoms with Crippen LogP contribution in [0.5, 0.6) is 5.75 Å². The zero-order chi connectivity index (χ0) is 14.7. The highest BCUT2D eigenvalue weighted by atomic mass is 16.5. The summed E-state index contributed by atoms with van der Waals surface area (Å²) in [4.78, 5) is 14.2. The number of carbonyl (C=O) groups excluding carboxylic acids is 1.